The summed E-state index contributed by atoms with van der Waals surface area (Å²) in [5.74, 6) is 0. The van der Waals surface area contributed by atoms with Crippen molar-refractivity contribution in [3.63, 3.8) is 0 Å². The Morgan fingerprint density at radius 1 is 1.44 bits per heavy atom. The van der Waals surface area contributed by atoms with E-state index in [2.05, 4.69) is 11.0 Å². The van der Waals surface area contributed by atoms with Crippen molar-refractivity contribution in [1.29, 1.82) is 5.26 Å². The van der Waals surface area contributed by atoms with Gasteiger partial charge in [-0.25, -0.2) is 0 Å². The zero-order chi connectivity index (χ0) is 13.0. The molecule has 1 fully saturated rings. The molecule has 2 unspecified atom stereocenters. The monoisotopic (exact) mass is 244 g/mol. The first-order valence-electron chi connectivity index (χ1n) is 6.62. The smallest absolute Gasteiger partial charge is 0.0995 e. The lowest BCUT2D eigenvalue weighted by molar-refractivity contribution is 0.0316. The van der Waals surface area contributed by atoms with E-state index in [1.807, 2.05) is 31.2 Å². The van der Waals surface area contributed by atoms with Crippen molar-refractivity contribution in [3.8, 4) is 6.07 Å². The summed E-state index contributed by atoms with van der Waals surface area (Å²) < 4.78 is 0. The van der Waals surface area contributed by atoms with Gasteiger partial charge >= 0.3 is 0 Å². The maximum absolute atomic E-state index is 9.85. The lowest BCUT2D eigenvalue weighted by atomic mass is 9.96. The summed E-state index contributed by atoms with van der Waals surface area (Å²) in [7, 11) is 0. The molecule has 1 N–H and O–H groups in total. The van der Waals surface area contributed by atoms with E-state index in [4.69, 9.17) is 5.26 Å². The van der Waals surface area contributed by atoms with E-state index in [9.17, 15) is 5.11 Å². The normalized spacial score (nSPS) is 22.4. The van der Waals surface area contributed by atoms with Gasteiger partial charge < -0.3 is 5.11 Å². The summed E-state index contributed by atoms with van der Waals surface area (Å²) in [6, 6.07) is 10.2. The van der Waals surface area contributed by atoms with Crippen LogP contribution in [0.5, 0.6) is 0 Å². The largest absolute Gasteiger partial charge is 0.392 e. The first kappa shape index (κ1) is 13.1. The van der Waals surface area contributed by atoms with Gasteiger partial charge in [0, 0.05) is 12.6 Å². The fourth-order valence-corrected chi connectivity index (χ4v) is 2.75. The van der Waals surface area contributed by atoms with Crippen LogP contribution in [0.4, 0.5) is 0 Å². The molecule has 1 heterocycles. The summed E-state index contributed by atoms with van der Waals surface area (Å²) in [4.78, 5) is 2.31. The summed E-state index contributed by atoms with van der Waals surface area (Å²) >= 11 is 0. The van der Waals surface area contributed by atoms with Crippen LogP contribution in [-0.4, -0.2) is 28.7 Å². The predicted molar refractivity (Wildman–Crippen MR) is 70.9 cm³/mol. The summed E-state index contributed by atoms with van der Waals surface area (Å²) in [6.45, 7) is 3.63. The van der Waals surface area contributed by atoms with Crippen molar-refractivity contribution >= 4 is 0 Å². The second-order valence-corrected chi connectivity index (χ2v) is 5.04. The average molecular weight is 244 g/mol. The van der Waals surface area contributed by atoms with Crippen molar-refractivity contribution < 1.29 is 5.11 Å². The summed E-state index contributed by atoms with van der Waals surface area (Å²) in [5.41, 5.74) is 1.81. The second kappa shape index (κ2) is 5.99. The third-order valence-corrected chi connectivity index (χ3v) is 3.73. The predicted octanol–water partition coefficient (Wildman–Crippen LogP) is 2.29. The number of likely N-dealkylation sites (tertiary alicyclic amines) is 1. The van der Waals surface area contributed by atoms with Crippen molar-refractivity contribution in [3.05, 3.63) is 35.4 Å². The fourth-order valence-electron chi connectivity index (χ4n) is 2.75. The molecule has 1 aliphatic heterocycles. The first-order valence-corrected chi connectivity index (χ1v) is 6.62. The van der Waals surface area contributed by atoms with Crippen molar-refractivity contribution in [2.45, 2.75) is 44.9 Å². The molecule has 1 saturated heterocycles. The number of benzene rings is 1. The van der Waals surface area contributed by atoms with Gasteiger partial charge in [-0.3, -0.25) is 4.90 Å². The molecular weight excluding hydrogens is 224 g/mol. The quantitative estimate of drug-likeness (QED) is 0.887. The fraction of sp³-hybridized carbons (Fsp3) is 0.533. The molecule has 1 aromatic carbocycles. The van der Waals surface area contributed by atoms with Crippen LogP contribution < -0.4 is 0 Å². The van der Waals surface area contributed by atoms with Crippen LogP contribution >= 0.6 is 0 Å². The lowest BCUT2D eigenvalue weighted by Gasteiger charge is -2.37. The molecule has 1 aromatic rings. The molecule has 0 radical (unpaired) electrons. The van der Waals surface area contributed by atoms with Crippen LogP contribution in [0.25, 0.3) is 0 Å². The second-order valence-electron chi connectivity index (χ2n) is 5.04. The van der Waals surface area contributed by atoms with Gasteiger partial charge in [-0.05, 0) is 37.9 Å². The van der Waals surface area contributed by atoms with E-state index in [1.54, 1.807) is 0 Å². The maximum Gasteiger partial charge on any atom is 0.0995 e. The topological polar surface area (TPSA) is 47.3 Å². The Balaban J connectivity index is 2.14. The zero-order valence-electron chi connectivity index (χ0n) is 10.8. The number of aliphatic hydroxyl groups is 1. The standard InChI is InChI=1S/C15H20N2O/c1-12(18)15-8-4-5-9-17(15)11-14-7-3-2-6-13(14)10-16/h2-3,6-7,12,15,18H,4-5,8-9,11H2,1H3. The Morgan fingerprint density at radius 3 is 2.94 bits per heavy atom. The molecule has 0 spiro atoms. The SMILES string of the molecule is CC(O)C1CCCCN1Cc1ccccc1C#N. The highest BCUT2D eigenvalue weighted by Crippen LogP contribution is 2.23. The van der Waals surface area contributed by atoms with Gasteiger partial charge in [0.1, 0.15) is 0 Å². The minimum absolute atomic E-state index is 0.227. The van der Waals surface area contributed by atoms with Crippen molar-refractivity contribution in [1.82, 2.24) is 4.90 Å². The first-order chi connectivity index (χ1) is 8.72. The lowest BCUT2D eigenvalue weighted by Crippen LogP contribution is -2.45. The highest BCUT2D eigenvalue weighted by Gasteiger charge is 2.26. The van der Waals surface area contributed by atoms with Gasteiger partial charge in [-0.2, -0.15) is 5.26 Å². The van der Waals surface area contributed by atoms with Crippen LogP contribution in [0.15, 0.2) is 24.3 Å². The highest BCUT2D eigenvalue weighted by molar-refractivity contribution is 5.37. The number of rotatable bonds is 3. The van der Waals surface area contributed by atoms with Crippen LogP contribution in [0.3, 0.4) is 0 Å². The van der Waals surface area contributed by atoms with Gasteiger partial charge in [0.25, 0.3) is 0 Å². The minimum atomic E-state index is -0.306. The molecule has 0 aliphatic carbocycles. The molecule has 1 aliphatic rings. The van der Waals surface area contributed by atoms with Crippen molar-refractivity contribution in [2.24, 2.45) is 0 Å². The Labute approximate surface area is 109 Å². The third kappa shape index (κ3) is 2.90. The molecule has 3 heteroatoms. The van der Waals surface area contributed by atoms with Gasteiger partial charge in [-0.15, -0.1) is 0 Å². The molecule has 18 heavy (non-hydrogen) atoms. The molecule has 96 valence electrons. The number of hydrogen-bond donors (Lipinski definition) is 1. The maximum atomic E-state index is 9.85. The highest BCUT2D eigenvalue weighted by atomic mass is 16.3. The van der Waals surface area contributed by atoms with E-state index in [1.165, 1.54) is 12.8 Å². The molecule has 0 aromatic heterocycles. The number of nitrogens with zero attached hydrogens (tertiary/aromatic N) is 2. The molecule has 0 bridgehead atoms. The molecule has 2 atom stereocenters. The van der Waals surface area contributed by atoms with Gasteiger partial charge in [0.15, 0.2) is 0 Å². The summed E-state index contributed by atoms with van der Waals surface area (Å²) in [5, 5.41) is 19.0. The van der Waals surface area contributed by atoms with E-state index in [0.717, 1.165) is 30.6 Å². The molecule has 0 saturated carbocycles. The Kier molecular flexibility index (Phi) is 4.35. The Hall–Kier alpha value is -1.37. The number of aliphatic hydroxyl groups excluding tert-OH is 1. The van der Waals surface area contributed by atoms with E-state index in [-0.39, 0.29) is 12.1 Å². The molecule has 3 nitrogen and oxygen atoms in total. The van der Waals surface area contributed by atoms with E-state index < -0.39 is 0 Å². The minimum Gasteiger partial charge on any atom is -0.392 e. The summed E-state index contributed by atoms with van der Waals surface area (Å²) in [6.07, 6.45) is 3.11. The van der Waals surface area contributed by atoms with Crippen LogP contribution in [-0.2, 0) is 6.54 Å². The van der Waals surface area contributed by atoms with Crippen LogP contribution in [0, 0.1) is 11.3 Å². The Morgan fingerprint density at radius 2 is 2.22 bits per heavy atom. The van der Waals surface area contributed by atoms with E-state index in [0.29, 0.717) is 0 Å². The van der Waals surface area contributed by atoms with Crippen LogP contribution in [0.2, 0.25) is 0 Å². The molecule has 0 amide bonds. The van der Waals surface area contributed by atoms with Gasteiger partial charge in [-0.1, -0.05) is 24.6 Å². The number of piperidine rings is 1. The zero-order valence-corrected chi connectivity index (χ0v) is 10.8. The number of hydrogen-bond acceptors (Lipinski definition) is 3. The van der Waals surface area contributed by atoms with Gasteiger partial charge in [0.05, 0.1) is 17.7 Å². The Bertz CT molecular complexity index is 436. The van der Waals surface area contributed by atoms with Crippen LogP contribution in [0.1, 0.15) is 37.3 Å². The van der Waals surface area contributed by atoms with E-state index >= 15 is 0 Å². The molecular formula is C15H20N2O. The average Bonchev–Trinajstić information content (AvgIpc) is 2.40. The molecule has 2 rings (SSSR count). The number of nitriles is 1. The van der Waals surface area contributed by atoms with Gasteiger partial charge in [0.2, 0.25) is 0 Å². The van der Waals surface area contributed by atoms with Crippen molar-refractivity contribution in [2.75, 3.05) is 6.54 Å². The third-order valence-electron chi connectivity index (χ3n) is 3.73.